The number of aromatic nitrogens is 5. The third kappa shape index (κ3) is 2.92. The van der Waals surface area contributed by atoms with E-state index in [9.17, 15) is 0 Å². The molecule has 0 spiro atoms. The quantitative estimate of drug-likeness (QED) is 0.771. The molecule has 0 saturated heterocycles. The SMILES string of the molecule is Cc1ccc(Cl)cc1Nc1nc(N)nc(-n2cccn2)n1. The van der Waals surface area contributed by atoms with Crippen molar-refractivity contribution in [2.75, 3.05) is 11.1 Å². The number of hydrogen-bond donors (Lipinski definition) is 2. The zero-order valence-corrected chi connectivity index (χ0v) is 11.9. The van der Waals surface area contributed by atoms with Gasteiger partial charge in [-0.25, -0.2) is 4.68 Å². The number of nitrogen functional groups attached to an aromatic ring is 1. The molecule has 0 amide bonds. The maximum absolute atomic E-state index is 5.99. The van der Waals surface area contributed by atoms with Crippen molar-refractivity contribution in [3.8, 4) is 5.95 Å². The molecule has 106 valence electrons. The van der Waals surface area contributed by atoms with Crippen LogP contribution in [0.2, 0.25) is 5.02 Å². The minimum atomic E-state index is 0.109. The molecule has 0 atom stereocenters. The van der Waals surface area contributed by atoms with Crippen molar-refractivity contribution in [3.63, 3.8) is 0 Å². The summed E-state index contributed by atoms with van der Waals surface area (Å²) in [7, 11) is 0. The summed E-state index contributed by atoms with van der Waals surface area (Å²) in [6, 6.07) is 7.29. The van der Waals surface area contributed by atoms with Crippen LogP contribution in [0.3, 0.4) is 0 Å². The first kappa shape index (κ1) is 13.3. The van der Waals surface area contributed by atoms with Crippen LogP contribution in [0, 0.1) is 6.92 Å². The first-order valence-electron chi connectivity index (χ1n) is 6.16. The Hall–Kier alpha value is -2.67. The third-order valence-corrected chi connectivity index (χ3v) is 3.03. The van der Waals surface area contributed by atoms with Crippen molar-refractivity contribution < 1.29 is 0 Å². The number of anilines is 3. The average Bonchev–Trinajstić information content (AvgIpc) is 2.96. The summed E-state index contributed by atoms with van der Waals surface area (Å²) in [5.41, 5.74) is 7.54. The Morgan fingerprint density at radius 2 is 2.10 bits per heavy atom. The van der Waals surface area contributed by atoms with Gasteiger partial charge in [0, 0.05) is 23.1 Å². The molecule has 2 aromatic heterocycles. The highest BCUT2D eigenvalue weighted by Crippen LogP contribution is 2.23. The largest absolute Gasteiger partial charge is 0.368 e. The monoisotopic (exact) mass is 301 g/mol. The first-order chi connectivity index (χ1) is 10.1. The Kier molecular flexibility index (Phi) is 3.41. The second-order valence-corrected chi connectivity index (χ2v) is 4.79. The van der Waals surface area contributed by atoms with Crippen molar-refractivity contribution in [2.24, 2.45) is 0 Å². The van der Waals surface area contributed by atoms with Crippen molar-refractivity contribution in [2.45, 2.75) is 6.92 Å². The number of aryl methyl sites for hydroxylation is 1. The minimum Gasteiger partial charge on any atom is -0.368 e. The van der Waals surface area contributed by atoms with Gasteiger partial charge in [0.1, 0.15) is 0 Å². The van der Waals surface area contributed by atoms with Gasteiger partial charge in [0.2, 0.25) is 11.9 Å². The smallest absolute Gasteiger partial charge is 0.257 e. The molecule has 3 N–H and O–H groups in total. The van der Waals surface area contributed by atoms with Crippen LogP contribution in [0.1, 0.15) is 5.56 Å². The third-order valence-electron chi connectivity index (χ3n) is 2.80. The Morgan fingerprint density at radius 3 is 2.86 bits per heavy atom. The van der Waals surface area contributed by atoms with E-state index in [1.807, 2.05) is 19.1 Å². The highest BCUT2D eigenvalue weighted by molar-refractivity contribution is 6.30. The van der Waals surface area contributed by atoms with Crippen LogP contribution in [-0.2, 0) is 0 Å². The van der Waals surface area contributed by atoms with Crippen LogP contribution < -0.4 is 11.1 Å². The van der Waals surface area contributed by atoms with Crippen molar-refractivity contribution in [3.05, 3.63) is 47.2 Å². The lowest BCUT2D eigenvalue weighted by Gasteiger charge is -2.09. The zero-order chi connectivity index (χ0) is 14.8. The van der Waals surface area contributed by atoms with Gasteiger partial charge in [-0.3, -0.25) is 0 Å². The van der Waals surface area contributed by atoms with Gasteiger partial charge < -0.3 is 11.1 Å². The van der Waals surface area contributed by atoms with E-state index in [2.05, 4.69) is 25.4 Å². The number of nitrogens with two attached hydrogens (primary N) is 1. The number of rotatable bonds is 3. The Balaban J connectivity index is 1.97. The molecule has 0 fully saturated rings. The molecule has 7 nitrogen and oxygen atoms in total. The number of halogens is 1. The van der Waals surface area contributed by atoms with Crippen LogP contribution in [-0.4, -0.2) is 24.7 Å². The summed E-state index contributed by atoms with van der Waals surface area (Å²) < 4.78 is 1.51. The Bertz CT molecular complexity index is 770. The van der Waals surface area contributed by atoms with E-state index in [1.54, 1.807) is 24.5 Å². The molecule has 0 aliphatic heterocycles. The van der Waals surface area contributed by atoms with E-state index in [-0.39, 0.29) is 5.95 Å². The van der Waals surface area contributed by atoms with E-state index in [4.69, 9.17) is 17.3 Å². The van der Waals surface area contributed by atoms with Gasteiger partial charge in [0.25, 0.3) is 5.95 Å². The molecular weight excluding hydrogens is 290 g/mol. The lowest BCUT2D eigenvalue weighted by atomic mass is 10.2. The average molecular weight is 302 g/mol. The fraction of sp³-hybridized carbons (Fsp3) is 0.0769. The first-order valence-corrected chi connectivity index (χ1v) is 6.54. The molecule has 0 bridgehead atoms. The highest BCUT2D eigenvalue weighted by Gasteiger charge is 2.08. The number of hydrogen-bond acceptors (Lipinski definition) is 6. The van der Waals surface area contributed by atoms with Gasteiger partial charge in [-0.1, -0.05) is 17.7 Å². The van der Waals surface area contributed by atoms with E-state index in [1.165, 1.54) is 4.68 Å². The van der Waals surface area contributed by atoms with Gasteiger partial charge in [0.15, 0.2) is 0 Å². The van der Waals surface area contributed by atoms with Crippen molar-refractivity contribution >= 4 is 29.2 Å². The van der Waals surface area contributed by atoms with Crippen molar-refractivity contribution in [1.29, 1.82) is 0 Å². The molecule has 21 heavy (non-hydrogen) atoms. The fourth-order valence-corrected chi connectivity index (χ4v) is 1.95. The van der Waals surface area contributed by atoms with E-state index in [0.717, 1.165) is 11.3 Å². The summed E-state index contributed by atoms with van der Waals surface area (Å²) in [6.07, 6.45) is 3.36. The standard InChI is InChI=1S/C13H12ClN7/c1-8-3-4-9(14)7-10(8)17-12-18-11(15)19-13(20-12)21-6-2-5-16-21/h2-7H,1H3,(H3,15,17,18,19,20). The molecule has 3 aromatic rings. The molecule has 0 aliphatic rings. The van der Waals surface area contributed by atoms with Gasteiger partial charge in [0.05, 0.1) is 0 Å². The maximum Gasteiger partial charge on any atom is 0.257 e. The molecular formula is C13H12ClN7. The second-order valence-electron chi connectivity index (χ2n) is 4.35. The summed E-state index contributed by atoms with van der Waals surface area (Å²) in [5.74, 6) is 0.783. The molecule has 3 rings (SSSR count). The second kappa shape index (κ2) is 5.37. The van der Waals surface area contributed by atoms with Gasteiger partial charge in [-0.2, -0.15) is 20.1 Å². The summed E-state index contributed by atoms with van der Waals surface area (Å²) >= 11 is 5.99. The van der Waals surface area contributed by atoms with Gasteiger partial charge in [-0.05, 0) is 30.7 Å². The molecule has 0 aliphatic carbocycles. The van der Waals surface area contributed by atoms with Crippen LogP contribution in [0.25, 0.3) is 5.95 Å². The minimum absolute atomic E-state index is 0.109. The van der Waals surface area contributed by atoms with Gasteiger partial charge >= 0.3 is 0 Å². The number of nitrogens with one attached hydrogen (secondary N) is 1. The predicted molar refractivity (Wildman–Crippen MR) is 80.8 cm³/mol. The van der Waals surface area contributed by atoms with Crippen LogP contribution in [0.4, 0.5) is 17.6 Å². The zero-order valence-electron chi connectivity index (χ0n) is 11.2. The molecule has 1 aromatic carbocycles. The molecule has 8 heteroatoms. The van der Waals surface area contributed by atoms with Gasteiger partial charge in [-0.15, -0.1) is 0 Å². The summed E-state index contributed by atoms with van der Waals surface area (Å²) in [4.78, 5) is 12.4. The van der Waals surface area contributed by atoms with E-state index >= 15 is 0 Å². The maximum atomic E-state index is 5.99. The van der Waals surface area contributed by atoms with Crippen LogP contribution in [0.15, 0.2) is 36.7 Å². The molecule has 0 unspecified atom stereocenters. The van der Waals surface area contributed by atoms with Crippen LogP contribution >= 0.6 is 11.6 Å². The lowest BCUT2D eigenvalue weighted by molar-refractivity contribution is 0.801. The van der Waals surface area contributed by atoms with Crippen molar-refractivity contribution in [1.82, 2.24) is 24.7 Å². The molecule has 0 radical (unpaired) electrons. The fourth-order valence-electron chi connectivity index (χ4n) is 1.78. The Morgan fingerprint density at radius 1 is 1.24 bits per heavy atom. The highest BCUT2D eigenvalue weighted by atomic mass is 35.5. The summed E-state index contributed by atoms with van der Waals surface area (Å²) in [5, 5.41) is 7.78. The topological polar surface area (TPSA) is 94.5 Å². The lowest BCUT2D eigenvalue weighted by Crippen LogP contribution is -2.09. The molecule has 0 saturated carbocycles. The van der Waals surface area contributed by atoms with E-state index in [0.29, 0.717) is 16.9 Å². The summed E-state index contributed by atoms with van der Waals surface area (Å²) in [6.45, 7) is 1.96. The van der Waals surface area contributed by atoms with E-state index < -0.39 is 0 Å². The predicted octanol–water partition coefficient (Wildman–Crippen LogP) is 2.34. The molecule has 2 heterocycles. The Labute approximate surface area is 125 Å². The van der Waals surface area contributed by atoms with Crippen LogP contribution in [0.5, 0.6) is 0 Å². The number of nitrogens with zero attached hydrogens (tertiary/aromatic N) is 5. The normalized spacial score (nSPS) is 10.6. The number of benzene rings is 1.